The molecule has 0 aromatic carbocycles. The van der Waals surface area contributed by atoms with Crippen molar-refractivity contribution in [1.82, 2.24) is 4.90 Å². The summed E-state index contributed by atoms with van der Waals surface area (Å²) in [5, 5.41) is 6.65. The van der Waals surface area contributed by atoms with Gasteiger partial charge in [0.25, 0.3) is 0 Å². The largest absolute Gasteiger partial charge is 0.313 e. The SMILES string of the molecule is CC.CN1C(=O)CC(SCCCC=N)C1=O. The molecule has 5 heteroatoms. The van der Waals surface area contributed by atoms with Gasteiger partial charge in [-0.15, -0.1) is 11.8 Å². The van der Waals surface area contributed by atoms with Crippen LogP contribution in [0.4, 0.5) is 0 Å². The van der Waals surface area contributed by atoms with E-state index in [1.54, 1.807) is 0 Å². The van der Waals surface area contributed by atoms with Crippen LogP contribution in [0.5, 0.6) is 0 Å². The van der Waals surface area contributed by atoms with Gasteiger partial charge in [0.15, 0.2) is 0 Å². The average Bonchev–Trinajstić information content (AvgIpc) is 2.55. The molecule has 1 aliphatic rings. The van der Waals surface area contributed by atoms with Crippen LogP contribution in [0.1, 0.15) is 33.1 Å². The first-order valence-corrected chi connectivity index (χ1v) is 6.62. The number of amides is 2. The van der Waals surface area contributed by atoms with E-state index in [9.17, 15) is 9.59 Å². The molecule has 0 radical (unpaired) electrons. The smallest absolute Gasteiger partial charge is 0.242 e. The lowest BCUT2D eigenvalue weighted by molar-refractivity contribution is -0.136. The van der Waals surface area contributed by atoms with Gasteiger partial charge in [-0.05, 0) is 24.8 Å². The number of nitrogens with zero attached hydrogens (tertiary/aromatic N) is 1. The molecule has 1 rings (SSSR count). The second-order valence-electron chi connectivity index (χ2n) is 3.20. The van der Waals surface area contributed by atoms with Gasteiger partial charge in [0.05, 0.1) is 5.25 Å². The monoisotopic (exact) mass is 244 g/mol. The quantitative estimate of drug-likeness (QED) is 0.456. The van der Waals surface area contributed by atoms with Crippen molar-refractivity contribution in [2.75, 3.05) is 12.8 Å². The summed E-state index contributed by atoms with van der Waals surface area (Å²) in [6.45, 7) is 4.00. The molecule has 16 heavy (non-hydrogen) atoms. The predicted molar refractivity (Wildman–Crippen MR) is 68.0 cm³/mol. The van der Waals surface area contributed by atoms with Crippen LogP contribution in [-0.2, 0) is 9.59 Å². The molecule has 1 atom stereocenters. The zero-order chi connectivity index (χ0) is 12.6. The molecular formula is C11H20N2O2S. The number of carbonyl (C=O) groups is 2. The summed E-state index contributed by atoms with van der Waals surface area (Å²) < 4.78 is 0. The molecule has 0 aliphatic carbocycles. The minimum Gasteiger partial charge on any atom is -0.313 e. The second-order valence-corrected chi connectivity index (χ2v) is 4.51. The van der Waals surface area contributed by atoms with Crippen molar-refractivity contribution >= 4 is 29.8 Å². The number of thioether (sulfide) groups is 1. The van der Waals surface area contributed by atoms with E-state index in [1.165, 1.54) is 29.9 Å². The Hall–Kier alpha value is -0.840. The number of imide groups is 1. The van der Waals surface area contributed by atoms with Gasteiger partial charge in [0, 0.05) is 13.5 Å². The number of unbranched alkanes of at least 4 members (excludes halogenated alkanes) is 1. The fraction of sp³-hybridized carbons (Fsp3) is 0.727. The number of rotatable bonds is 5. The Labute approximate surface area is 101 Å². The minimum absolute atomic E-state index is 0.0742. The van der Waals surface area contributed by atoms with Crippen LogP contribution < -0.4 is 0 Å². The summed E-state index contributed by atoms with van der Waals surface area (Å²) in [6.07, 6.45) is 3.35. The summed E-state index contributed by atoms with van der Waals surface area (Å²) in [5.74, 6) is 0.682. The van der Waals surface area contributed by atoms with Gasteiger partial charge in [-0.1, -0.05) is 13.8 Å². The topological polar surface area (TPSA) is 61.2 Å². The lowest BCUT2D eigenvalue weighted by Gasteiger charge is -2.07. The van der Waals surface area contributed by atoms with E-state index in [-0.39, 0.29) is 17.1 Å². The third-order valence-electron chi connectivity index (χ3n) is 2.15. The highest BCUT2D eigenvalue weighted by Crippen LogP contribution is 2.24. The normalized spacial score (nSPS) is 19.4. The van der Waals surface area contributed by atoms with E-state index in [4.69, 9.17) is 5.41 Å². The first-order chi connectivity index (χ1) is 7.66. The lowest BCUT2D eigenvalue weighted by Crippen LogP contribution is -2.26. The molecule has 1 unspecified atom stereocenters. The van der Waals surface area contributed by atoms with Gasteiger partial charge in [0.2, 0.25) is 11.8 Å². The third kappa shape index (κ3) is 4.35. The molecule has 0 aromatic rings. The van der Waals surface area contributed by atoms with Gasteiger partial charge in [0.1, 0.15) is 0 Å². The maximum Gasteiger partial charge on any atom is 0.242 e. The van der Waals surface area contributed by atoms with Crippen LogP contribution in [0, 0.1) is 5.41 Å². The number of likely N-dealkylation sites (tertiary alicyclic amines) is 1. The number of carbonyl (C=O) groups excluding carboxylic acids is 2. The van der Waals surface area contributed by atoms with Crippen LogP contribution in [-0.4, -0.2) is 41.0 Å². The van der Waals surface area contributed by atoms with Crippen molar-refractivity contribution in [2.45, 2.75) is 38.4 Å². The third-order valence-corrected chi connectivity index (χ3v) is 3.45. The fourth-order valence-electron chi connectivity index (χ4n) is 1.26. The number of nitrogens with one attached hydrogen (secondary N) is 1. The fourth-order valence-corrected chi connectivity index (χ4v) is 2.44. The van der Waals surface area contributed by atoms with Gasteiger partial charge in [-0.3, -0.25) is 14.5 Å². The zero-order valence-corrected chi connectivity index (χ0v) is 11.0. The number of hydrogen-bond acceptors (Lipinski definition) is 4. The van der Waals surface area contributed by atoms with Crippen molar-refractivity contribution in [2.24, 2.45) is 0 Å². The van der Waals surface area contributed by atoms with E-state index in [2.05, 4.69) is 0 Å². The molecule has 1 saturated heterocycles. The molecule has 2 amide bonds. The van der Waals surface area contributed by atoms with Crippen molar-refractivity contribution in [3.8, 4) is 0 Å². The minimum atomic E-state index is -0.182. The van der Waals surface area contributed by atoms with E-state index in [0.717, 1.165) is 18.6 Å². The predicted octanol–water partition coefficient (Wildman–Crippen LogP) is 1.93. The van der Waals surface area contributed by atoms with E-state index in [0.29, 0.717) is 6.42 Å². The first kappa shape index (κ1) is 15.2. The van der Waals surface area contributed by atoms with Gasteiger partial charge in [-0.2, -0.15) is 0 Å². The standard InChI is InChI=1S/C9H14N2O2S.C2H6/c1-11-8(12)6-7(9(11)13)14-5-3-2-4-10;1-2/h4,7,10H,2-3,5-6H2,1H3;1-2H3. The maximum atomic E-state index is 11.4. The Morgan fingerprint density at radius 2 is 2.12 bits per heavy atom. The van der Waals surface area contributed by atoms with Crippen molar-refractivity contribution in [3.05, 3.63) is 0 Å². The first-order valence-electron chi connectivity index (χ1n) is 5.57. The van der Waals surface area contributed by atoms with E-state index < -0.39 is 0 Å². The van der Waals surface area contributed by atoms with Crippen LogP contribution in [0.3, 0.4) is 0 Å². The number of hydrogen-bond donors (Lipinski definition) is 1. The molecule has 0 bridgehead atoms. The Bertz CT molecular complexity index is 256. The van der Waals surface area contributed by atoms with Crippen LogP contribution in [0.15, 0.2) is 0 Å². The van der Waals surface area contributed by atoms with Crippen LogP contribution in [0.2, 0.25) is 0 Å². The van der Waals surface area contributed by atoms with Crippen LogP contribution >= 0.6 is 11.8 Å². The summed E-state index contributed by atoms with van der Waals surface area (Å²) >= 11 is 1.52. The highest BCUT2D eigenvalue weighted by molar-refractivity contribution is 8.00. The highest BCUT2D eigenvalue weighted by Gasteiger charge is 2.35. The Morgan fingerprint density at radius 1 is 1.50 bits per heavy atom. The lowest BCUT2D eigenvalue weighted by atomic mass is 10.3. The van der Waals surface area contributed by atoms with Crippen molar-refractivity contribution in [3.63, 3.8) is 0 Å². The summed E-state index contributed by atoms with van der Waals surface area (Å²) in [5.41, 5.74) is 0. The molecular weight excluding hydrogens is 224 g/mol. The molecule has 0 saturated carbocycles. The summed E-state index contributed by atoms with van der Waals surface area (Å²) in [4.78, 5) is 23.8. The molecule has 0 spiro atoms. The molecule has 1 aliphatic heterocycles. The van der Waals surface area contributed by atoms with Crippen molar-refractivity contribution < 1.29 is 9.59 Å². The van der Waals surface area contributed by atoms with Gasteiger partial charge < -0.3 is 5.41 Å². The van der Waals surface area contributed by atoms with Crippen molar-refractivity contribution in [1.29, 1.82) is 5.41 Å². The molecule has 1 N–H and O–H groups in total. The van der Waals surface area contributed by atoms with E-state index in [1.807, 2.05) is 13.8 Å². The zero-order valence-electron chi connectivity index (χ0n) is 10.2. The summed E-state index contributed by atoms with van der Waals surface area (Å²) in [6, 6.07) is 0. The molecule has 0 aromatic heterocycles. The summed E-state index contributed by atoms with van der Waals surface area (Å²) in [7, 11) is 1.53. The molecule has 1 fully saturated rings. The molecule has 92 valence electrons. The maximum absolute atomic E-state index is 11.4. The Balaban J connectivity index is 0.00000106. The van der Waals surface area contributed by atoms with Crippen LogP contribution in [0.25, 0.3) is 0 Å². The Morgan fingerprint density at radius 3 is 2.56 bits per heavy atom. The second kappa shape index (κ2) is 8.33. The van der Waals surface area contributed by atoms with E-state index >= 15 is 0 Å². The van der Waals surface area contributed by atoms with Gasteiger partial charge in [-0.25, -0.2) is 0 Å². The average molecular weight is 244 g/mol. The molecule has 1 heterocycles. The Kier molecular flexibility index (Phi) is 7.89. The molecule has 4 nitrogen and oxygen atoms in total. The van der Waals surface area contributed by atoms with Gasteiger partial charge >= 0.3 is 0 Å². The highest BCUT2D eigenvalue weighted by atomic mass is 32.2.